The van der Waals surface area contributed by atoms with Gasteiger partial charge in [0, 0.05) is 18.4 Å². The Bertz CT molecular complexity index is 134. The Hall–Kier alpha value is -1.14. The van der Waals surface area contributed by atoms with Crippen LogP contribution >= 0.6 is 0 Å². The minimum Gasteiger partial charge on any atom is -0.550 e. The molecule has 0 radical (unpaired) electrons. The number of hydrogen-bond acceptors (Lipinski definition) is 5. The van der Waals surface area contributed by atoms with Crippen LogP contribution in [0.5, 0.6) is 0 Å². The van der Waals surface area contributed by atoms with E-state index in [1.165, 1.54) is 0 Å². The van der Waals surface area contributed by atoms with Gasteiger partial charge < -0.3 is 31.0 Å². The van der Waals surface area contributed by atoms with Crippen LogP contribution in [0.2, 0.25) is 0 Å². The van der Waals surface area contributed by atoms with Crippen molar-refractivity contribution in [2.24, 2.45) is 5.73 Å². The van der Waals surface area contributed by atoms with E-state index in [1.807, 2.05) is 0 Å². The molecule has 0 bridgehead atoms. The molecule has 0 aliphatic rings. The van der Waals surface area contributed by atoms with E-state index in [0.717, 1.165) is 0 Å². The maximum Gasteiger partial charge on any atom is 0.0586 e. The lowest BCUT2D eigenvalue weighted by molar-refractivity contribution is -0.316. The fraction of sp³-hybridized carbons (Fsp3) is 0.500. The summed E-state index contributed by atoms with van der Waals surface area (Å²) < 4.78 is 0. The Kier molecular flexibility index (Phi) is 5.48. The topological polar surface area (TPSA) is 138 Å². The molecule has 0 aromatic heterocycles. The summed E-state index contributed by atoms with van der Waals surface area (Å²) in [6.07, 6.45) is -0.706. The van der Waals surface area contributed by atoms with Crippen LogP contribution in [0.15, 0.2) is 0 Å². The lowest BCUT2D eigenvalue weighted by Gasteiger charge is -2.11. The summed E-state index contributed by atoms with van der Waals surface area (Å²) in [5.41, 5.74) is 4.73. The summed E-state index contributed by atoms with van der Waals surface area (Å²) >= 11 is 0. The molecule has 0 saturated carbocycles. The Morgan fingerprint density at radius 2 is 1.80 bits per heavy atom. The van der Waals surface area contributed by atoms with Gasteiger partial charge in [0.25, 0.3) is 0 Å². The predicted molar refractivity (Wildman–Crippen MR) is 26.2 cm³/mol. The molecule has 0 aliphatic carbocycles. The zero-order valence-corrected chi connectivity index (χ0v) is 4.99. The normalized spacial score (nSPS) is 11.3. The SMILES string of the molecule is NC(CC(=O)[O-])C(=O)[O-].O. The standard InChI is InChI=1S/C4H7NO4.H2O/c5-2(4(8)9)1-3(6)7;/h2H,1,5H2,(H,6,7)(H,8,9);1H2/p-2. The maximum atomic E-state index is 9.71. The molecular weight excluding hydrogens is 142 g/mol. The van der Waals surface area contributed by atoms with Crippen molar-refractivity contribution in [1.29, 1.82) is 0 Å². The van der Waals surface area contributed by atoms with Gasteiger partial charge in [-0.3, -0.25) is 0 Å². The van der Waals surface area contributed by atoms with E-state index in [0.29, 0.717) is 0 Å². The summed E-state index contributed by atoms with van der Waals surface area (Å²) in [5, 5.41) is 19.3. The first kappa shape index (κ1) is 11.6. The van der Waals surface area contributed by atoms with Crippen molar-refractivity contribution < 1.29 is 25.3 Å². The molecular formula is C4H7NO5-2. The zero-order valence-electron chi connectivity index (χ0n) is 4.99. The second-order valence-electron chi connectivity index (χ2n) is 1.50. The summed E-state index contributed by atoms with van der Waals surface area (Å²) in [4.78, 5) is 19.3. The Labute approximate surface area is 56.6 Å². The third-order valence-corrected chi connectivity index (χ3v) is 0.689. The van der Waals surface area contributed by atoms with Gasteiger partial charge in [-0.1, -0.05) is 0 Å². The van der Waals surface area contributed by atoms with Crippen LogP contribution in [0.25, 0.3) is 0 Å². The van der Waals surface area contributed by atoms with Crippen LogP contribution in [0.1, 0.15) is 6.42 Å². The van der Waals surface area contributed by atoms with Crippen molar-refractivity contribution in [2.75, 3.05) is 0 Å². The molecule has 6 nitrogen and oxygen atoms in total. The van der Waals surface area contributed by atoms with Crippen molar-refractivity contribution in [2.45, 2.75) is 12.5 Å². The first-order valence-electron chi connectivity index (χ1n) is 2.20. The number of carbonyl (C=O) groups is 2. The van der Waals surface area contributed by atoms with E-state index >= 15 is 0 Å². The van der Waals surface area contributed by atoms with Crippen molar-refractivity contribution in [1.82, 2.24) is 0 Å². The van der Waals surface area contributed by atoms with Gasteiger partial charge in [-0.25, -0.2) is 0 Å². The number of hydrogen-bond donors (Lipinski definition) is 1. The molecule has 0 saturated heterocycles. The van der Waals surface area contributed by atoms with Gasteiger partial charge in [-0.05, 0) is 0 Å². The third kappa shape index (κ3) is 5.01. The van der Waals surface area contributed by atoms with E-state index in [4.69, 9.17) is 5.73 Å². The van der Waals surface area contributed by atoms with Crippen LogP contribution in [0.3, 0.4) is 0 Å². The van der Waals surface area contributed by atoms with Crippen LogP contribution < -0.4 is 15.9 Å². The maximum absolute atomic E-state index is 9.71. The van der Waals surface area contributed by atoms with E-state index in [9.17, 15) is 19.8 Å². The highest BCUT2D eigenvalue weighted by Crippen LogP contribution is 1.81. The molecule has 0 aromatic rings. The molecule has 0 fully saturated rings. The monoisotopic (exact) mass is 149 g/mol. The molecule has 4 N–H and O–H groups in total. The predicted octanol–water partition coefficient (Wildman–Crippen LogP) is -4.62. The van der Waals surface area contributed by atoms with Gasteiger partial charge in [0.2, 0.25) is 0 Å². The van der Waals surface area contributed by atoms with Gasteiger partial charge in [0.05, 0.1) is 5.97 Å². The van der Waals surface area contributed by atoms with E-state index in [-0.39, 0.29) is 5.48 Å². The molecule has 0 heterocycles. The summed E-state index contributed by atoms with van der Waals surface area (Å²) in [5.74, 6) is -3.08. The number of carboxylic acid groups (broad SMARTS) is 2. The van der Waals surface area contributed by atoms with Crippen molar-refractivity contribution in [3.63, 3.8) is 0 Å². The molecule has 60 valence electrons. The average molecular weight is 149 g/mol. The molecule has 0 spiro atoms. The lowest BCUT2D eigenvalue weighted by Crippen LogP contribution is -2.45. The van der Waals surface area contributed by atoms with Crippen LogP contribution in [0, 0.1) is 0 Å². The molecule has 0 aliphatic heterocycles. The second-order valence-corrected chi connectivity index (χ2v) is 1.50. The fourth-order valence-corrected chi connectivity index (χ4v) is 0.263. The summed E-state index contributed by atoms with van der Waals surface area (Å²) in [6.45, 7) is 0. The molecule has 0 rings (SSSR count). The van der Waals surface area contributed by atoms with E-state index in [1.54, 1.807) is 0 Å². The zero-order chi connectivity index (χ0) is 7.44. The molecule has 1 unspecified atom stereocenters. The van der Waals surface area contributed by atoms with Gasteiger partial charge >= 0.3 is 0 Å². The number of rotatable bonds is 3. The molecule has 1 atom stereocenters. The van der Waals surface area contributed by atoms with Gasteiger partial charge in [-0.15, -0.1) is 0 Å². The highest BCUT2D eigenvalue weighted by Gasteiger charge is 2.01. The first-order chi connectivity index (χ1) is 4.04. The largest absolute Gasteiger partial charge is 0.550 e. The first-order valence-corrected chi connectivity index (χ1v) is 2.20. The molecule has 10 heavy (non-hydrogen) atoms. The molecule has 0 aromatic carbocycles. The average Bonchev–Trinajstić information content (AvgIpc) is 1.63. The van der Waals surface area contributed by atoms with E-state index < -0.39 is 24.4 Å². The van der Waals surface area contributed by atoms with Gasteiger partial charge in [0.15, 0.2) is 0 Å². The highest BCUT2D eigenvalue weighted by molar-refractivity contribution is 5.77. The Morgan fingerprint density at radius 1 is 1.40 bits per heavy atom. The number of nitrogens with two attached hydrogens (primary N) is 1. The van der Waals surface area contributed by atoms with Crippen LogP contribution in [-0.2, 0) is 9.59 Å². The number of carbonyl (C=O) groups excluding carboxylic acids is 2. The smallest absolute Gasteiger partial charge is 0.0586 e. The van der Waals surface area contributed by atoms with Crippen LogP contribution in [0.4, 0.5) is 0 Å². The fourth-order valence-electron chi connectivity index (χ4n) is 0.263. The van der Waals surface area contributed by atoms with Crippen molar-refractivity contribution in [3.05, 3.63) is 0 Å². The molecule has 6 heteroatoms. The minimum atomic E-state index is -1.58. The number of aliphatic carboxylic acids is 2. The molecule has 0 amide bonds. The third-order valence-electron chi connectivity index (χ3n) is 0.689. The Balaban J connectivity index is 0. The highest BCUT2D eigenvalue weighted by atomic mass is 16.4. The summed E-state index contributed by atoms with van der Waals surface area (Å²) in [7, 11) is 0. The van der Waals surface area contributed by atoms with Gasteiger partial charge in [-0.2, -0.15) is 0 Å². The Morgan fingerprint density at radius 3 is 1.90 bits per heavy atom. The van der Waals surface area contributed by atoms with E-state index in [2.05, 4.69) is 0 Å². The quantitative estimate of drug-likeness (QED) is 0.430. The summed E-state index contributed by atoms with van der Waals surface area (Å²) in [6, 6.07) is -1.46. The number of carboxylic acids is 2. The van der Waals surface area contributed by atoms with Gasteiger partial charge in [0.1, 0.15) is 0 Å². The van der Waals surface area contributed by atoms with Crippen LogP contribution in [-0.4, -0.2) is 23.5 Å². The van der Waals surface area contributed by atoms with Crippen molar-refractivity contribution in [3.8, 4) is 0 Å². The second kappa shape index (κ2) is 4.71. The minimum absolute atomic E-state index is 0. The lowest BCUT2D eigenvalue weighted by atomic mass is 10.2. The van der Waals surface area contributed by atoms with Crippen molar-refractivity contribution >= 4 is 11.9 Å².